The van der Waals surface area contributed by atoms with Crippen molar-refractivity contribution in [1.82, 2.24) is 0 Å². The Kier molecular flexibility index (Phi) is 3.94. The number of hydrogen-bond acceptors (Lipinski definition) is 0. The first-order chi connectivity index (χ1) is 6.60. The van der Waals surface area contributed by atoms with Crippen LogP contribution in [0.5, 0.6) is 0 Å². The van der Waals surface area contributed by atoms with E-state index in [1.165, 1.54) is 6.07 Å². The van der Waals surface area contributed by atoms with Crippen LogP contribution in [0.4, 0.5) is 4.39 Å². The molecule has 78 valence electrons. The van der Waals surface area contributed by atoms with Crippen molar-refractivity contribution in [3.63, 3.8) is 0 Å². The fourth-order valence-electron chi connectivity index (χ4n) is 1.69. The van der Waals surface area contributed by atoms with E-state index < -0.39 is 0 Å². The standard InChI is InChI=1S/C12H16ClF/c1-4-8(3)12-9(5-2)6-10(14)7-11(12)13/h6-8H,4-5H2,1-3H3. The van der Waals surface area contributed by atoms with E-state index in [2.05, 4.69) is 13.8 Å². The van der Waals surface area contributed by atoms with Crippen LogP contribution in [0.1, 0.15) is 44.2 Å². The number of halogens is 2. The zero-order valence-corrected chi connectivity index (χ0v) is 9.66. The number of hydrogen-bond donors (Lipinski definition) is 0. The van der Waals surface area contributed by atoms with Gasteiger partial charge >= 0.3 is 0 Å². The minimum atomic E-state index is -0.237. The van der Waals surface area contributed by atoms with E-state index in [9.17, 15) is 4.39 Å². The van der Waals surface area contributed by atoms with E-state index in [0.717, 1.165) is 24.0 Å². The predicted octanol–water partition coefficient (Wildman–Crippen LogP) is 4.56. The van der Waals surface area contributed by atoms with E-state index >= 15 is 0 Å². The SMILES string of the molecule is CCc1cc(F)cc(Cl)c1C(C)CC. The molecule has 1 unspecified atom stereocenters. The van der Waals surface area contributed by atoms with Crippen LogP contribution in [0.2, 0.25) is 5.02 Å². The molecule has 14 heavy (non-hydrogen) atoms. The highest BCUT2D eigenvalue weighted by Gasteiger charge is 2.13. The monoisotopic (exact) mass is 214 g/mol. The van der Waals surface area contributed by atoms with E-state index in [1.54, 1.807) is 6.07 Å². The quantitative estimate of drug-likeness (QED) is 0.692. The van der Waals surface area contributed by atoms with Gasteiger partial charge in [0, 0.05) is 5.02 Å². The summed E-state index contributed by atoms with van der Waals surface area (Å²) in [5.74, 6) is 0.164. The molecule has 0 amide bonds. The van der Waals surface area contributed by atoms with Crippen molar-refractivity contribution >= 4 is 11.6 Å². The highest BCUT2D eigenvalue weighted by molar-refractivity contribution is 6.31. The Bertz CT molecular complexity index is 320. The number of rotatable bonds is 3. The Balaban J connectivity index is 3.24. The van der Waals surface area contributed by atoms with Crippen molar-refractivity contribution in [1.29, 1.82) is 0 Å². The summed E-state index contributed by atoms with van der Waals surface area (Å²) in [6.45, 7) is 6.26. The molecular weight excluding hydrogens is 199 g/mol. The Morgan fingerprint density at radius 2 is 2.00 bits per heavy atom. The summed E-state index contributed by atoms with van der Waals surface area (Å²) in [6, 6.07) is 3.00. The Hall–Kier alpha value is -0.560. The molecule has 0 saturated heterocycles. The lowest BCUT2D eigenvalue weighted by molar-refractivity contribution is 0.621. The summed E-state index contributed by atoms with van der Waals surface area (Å²) in [5.41, 5.74) is 2.14. The molecule has 1 aromatic carbocycles. The van der Waals surface area contributed by atoms with Gasteiger partial charge in [0.1, 0.15) is 5.82 Å². The largest absolute Gasteiger partial charge is 0.207 e. The molecule has 1 atom stereocenters. The third-order valence-corrected chi connectivity index (χ3v) is 2.98. The first kappa shape index (κ1) is 11.5. The molecule has 0 nitrogen and oxygen atoms in total. The Morgan fingerprint density at radius 3 is 2.50 bits per heavy atom. The van der Waals surface area contributed by atoms with Crippen LogP contribution in [0, 0.1) is 5.82 Å². The van der Waals surface area contributed by atoms with Crippen molar-refractivity contribution in [2.75, 3.05) is 0 Å². The maximum atomic E-state index is 13.1. The van der Waals surface area contributed by atoms with Crippen LogP contribution in [0.3, 0.4) is 0 Å². The third kappa shape index (κ3) is 2.27. The van der Waals surface area contributed by atoms with Crippen LogP contribution in [0.15, 0.2) is 12.1 Å². The normalized spacial score (nSPS) is 12.9. The number of aryl methyl sites for hydroxylation is 1. The number of benzene rings is 1. The summed E-state index contributed by atoms with van der Waals surface area (Å²) >= 11 is 6.05. The molecule has 1 rings (SSSR count). The molecule has 0 fully saturated rings. The zero-order chi connectivity index (χ0) is 10.7. The van der Waals surface area contributed by atoms with E-state index in [0.29, 0.717) is 10.9 Å². The fraction of sp³-hybridized carbons (Fsp3) is 0.500. The van der Waals surface area contributed by atoms with Crippen LogP contribution in [0.25, 0.3) is 0 Å². The molecule has 0 aliphatic rings. The molecule has 0 aliphatic carbocycles. The minimum absolute atomic E-state index is 0.237. The van der Waals surface area contributed by atoms with Gasteiger partial charge in [-0.25, -0.2) is 4.39 Å². The lowest BCUT2D eigenvalue weighted by Crippen LogP contribution is -2.00. The van der Waals surface area contributed by atoms with Crippen molar-refractivity contribution in [2.45, 2.75) is 39.5 Å². The van der Waals surface area contributed by atoms with Gasteiger partial charge in [-0.15, -0.1) is 0 Å². The highest BCUT2D eigenvalue weighted by Crippen LogP contribution is 2.31. The van der Waals surface area contributed by atoms with Gasteiger partial charge in [0.05, 0.1) is 0 Å². The molecule has 0 radical (unpaired) electrons. The summed E-state index contributed by atoms with van der Waals surface area (Å²) in [4.78, 5) is 0. The first-order valence-electron chi connectivity index (χ1n) is 5.07. The second kappa shape index (κ2) is 4.79. The molecule has 0 spiro atoms. The maximum absolute atomic E-state index is 13.1. The van der Waals surface area contributed by atoms with Crippen molar-refractivity contribution in [3.8, 4) is 0 Å². The summed E-state index contributed by atoms with van der Waals surface area (Å²) < 4.78 is 13.1. The van der Waals surface area contributed by atoms with Crippen LogP contribution in [-0.2, 0) is 6.42 Å². The molecule has 0 aromatic heterocycles. The second-order valence-corrected chi connectivity index (χ2v) is 4.03. The molecule has 0 N–H and O–H groups in total. The van der Waals surface area contributed by atoms with E-state index in [1.807, 2.05) is 6.92 Å². The predicted molar refractivity (Wildman–Crippen MR) is 59.5 cm³/mol. The van der Waals surface area contributed by atoms with E-state index in [4.69, 9.17) is 11.6 Å². The van der Waals surface area contributed by atoms with E-state index in [-0.39, 0.29) is 5.82 Å². The van der Waals surface area contributed by atoms with Crippen LogP contribution in [-0.4, -0.2) is 0 Å². The highest BCUT2D eigenvalue weighted by atomic mass is 35.5. The smallest absolute Gasteiger partial charge is 0.124 e. The van der Waals surface area contributed by atoms with Crippen molar-refractivity contribution in [3.05, 3.63) is 34.1 Å². The topological polar surface area (TPSA) is 0 Å². The maximum Gasteiger partial charge on any atom is 0.124 e. The summed E-state index contributed by atoms with van der Waals surface area (Å²) in [5, 5.41) is 0.566. The Morgan fingerprint density at radius 1 is 1.36 bits per heavy atom. The van der Waals surface area contributed by atoms with Gasteiger partial charge in [0.15, 0.2) is 0 Å². The van der Waals surface area contributed by atoms with Gasteiger partial charge < -0.3 is 0 Å². The third-order valence-electron chi connectivity index (χ3n) is 2.67. The van der Waals surface area contributed by atoms with Gasteiger partial charge in [-0.1, -0.05) is 32.4 Å². The second-order valence-electron chi connectivity index (χ2n) is 3.62. The summed E-state index contributed by atoms with van der Waals surface area (Å²) in [6.07, 6.45) is 1.86. The average molecular weight is 215 g/mol. The van der Waals surface area contributed by atoms with Crippen molar-refractivity contribution < 1.29 is 4.39 Å². The molecule has 0 bridgehead atoms. The van der Waals surface area contributed by atoms with Gasteiger partial charge in [0.2, 0.25) is 0 Å². The molecule has 1 aromatic rings. The molecule has 2 heteroatoms. The minimum Gasteiger partial charge on any atom is -0.207 e. The fourth-order valence-corrected chi connectivity index (χ4v) is 2.10. The lowest BCUT2D eigenvalue weighted by atomic mass is 9.92. The van der Waals surface area contributed by atoms with Crippen LogP contribution >= 0.6 is 11.6 Å². The Labute approximate surface area is 90.1 Å². The van der Waals surface area contributed by atoms with Gasteiger partial charge in [-0.3, -0.25) is 0 Å². The van der Waals surface area contributed by atoms with Gasteiger partial charge in [-0.05, 0) is 42.0 Å². The first-order valence-corrected chi connectivity index (χ1v) is 5.45. The lowest BCUT2D eigenvalue weighted by Gasteiger charge is -2.16. The molecular formula is C12H16ClF. The molecule has 0 saturated carbocycles. The molecule has 0 heterocycles. The zero-order valence-electron chi connectivity index (χ0n) is 8.90. The average Bonchev–Trinajstić information content (AvgIpc) is 2.15. The van der Waals surface area contributed by atoms with Crippen LogP contribution < -0.4 is 0 Å². The van der Waals surface area contributed by atoms with Gasteiger partial charge in [0.25, 0.3) is 0 Å². The summed E-state index contributed by atoms with van der Waals surface area (Å²) in [7, 11) is 0. The van der Waals surface area contributed by atoms with Crippen molar-refractivity contribution in [2.24, 2.45) is 0 Å². The molecule has 0 aliphatic heterocycles. The van der Waals surface area contributed by atoms with Gasteiger partial charge in [-0.2, -0.15) is 0 Å².